The van der Waals surface area contributed by atoms with Gasteiger partial charge in [-0.1, -0.05) is 24.3 Å². The van der Waals surface area contributed by atoms with Gasteiger partial charge in [-0.2, -0.15) is 8.67 Å². The molecule has 0 aromatic heterocycles. The Morgan fingerprint density at radius 2 is 1.57 bits per heavy atom. The van der Waals surface area contributed by atoms with Gasteiger partial charge in [0.15, 0.2) is 0 Å². The Kier molecular flexibility index (Phi) is 9.35. The highest BCUT2D eigenvalue weighted by molar-refractivity contribution is 7.95. The van der Waals surface area contributed by atoms with Gasteiger partial charge < -0.3 is 30.0 Å². The number of rotatable bonds is 9. The zero-order chi connectivity index (χ0) is 30.0. The Morgan fingerprint density at radius 1 is 0.976 bits per heavy atom. The van der Waals surface area contributed by atoms with E-state index in [4.69, 9.17) is 4.74 Å². The van der Waals surface area contributed by atoms with Gasteiger partial charge in [-0.05, 0) is 41.1 Å². The molecule has 0 saturated carbocycles. The van der Waals surface area contributed by atoms with Crippen molar-refractivity contribution in [2.24, 2.45) is 5.92 Å². The van der Waals surface area contributed by atoms with Gasteiger partial charge in [-0.15, -0.1) is 0 Å². The van der Waals surface area contributed by atoms with Crippen molar-refractivity contribution in [2.45, 2.75) is 27.5 Å². The highest BCUT2D eigenvalue weighted by atomic mass is 32.2. The standard InChI is InChI=1S/C25H24N2O12S3/c1-26-25(29)13-6-8-27(22(28)12-35-9-7-13)18-10-19(40-38-36-30)15-3-4-16-20(41-39-37-31)11-21(42(32,33)34)17-5-2-14(18)23(15)24(16)17/h2-5,10-11,13,30-31H,6-9,12H2,1H3,(H,26,29)(H,32,33,34)/p-3. The van der Waals surface area contributed by atoms with Crippen LogP contribution < -0.4 is 20.7 Å². The quantitative estimate of drug-likeness (QED) is 0.0909. The minimum absolute atomic E-state index is 0.0818. The number of nitrogens with one attached hydrogen (secondary N) is 1. The number of anilines is 1. The Labute approximate surface area is 247 Å². The summed E-state index contributed by atoms with van der Waals surface area (Å²) in [7, 11) is -3.49. The summed E-state index contributed by atoms with van der Waals surface area (Å²) in [6.07, 6.45) is 0.725. The number of ether oxygens (including phenoxy) is 1. The fourth-order valence-electron chi connectivity index (χ4n) is 5.29. The molecule has 4 aromatic rings. The maximum absolute atomic E-state index is 13.4. The van der Waals surface area contributed by atoms with E-state index in [2.05, 4.69) is 24.1 Å². The molecule has 1 heterocycles. The summed E-state index contributed by atoms with van der Waals surface area (Å²) >= 11 is 0.982. The van der Waals surface area contributed by atoms with Crippen LogP contribution in [-0.4, -0.2) is 51.6 Å². The Hall–Kier alpha value is -2.81. The molecule has 1 N–H and O–H groups in total. The number of amides is 2. The van der Waals surface area contributed by atoms with Crippen LogP contribution in [0.3, 0.4) is 0 Å². The first-order valence-corrected chi connectivity index (χ1v) is 15.2. The summed E-state index contributed by atoms with van der Waals surface area (Å²) in [5.74, 6) is -1.03. The highest BCUT2D eigenvalue weighted by Gasteiger charge is 2.28. The Balaban J connectivity index is 1.82. The lowest BCUT2D eigenvalue weighted by atomic mass is 9.92. The van der Waals surface area contributed by atoms with Gasteiger partial charge in [0.25, 0.3) is 5.91 Å². The average molecular weight is 638 g/mol. The molecule has 42 heavy (non-hydrogen) atoms. The molecule has 0 spiro atoms. The van der Waals surface area contributed by atoms with E-state index in [9.17, 15) is 33.1 Å². The van der Waals surface area contributed by atoms with Crippen LogP contribution >= 0.6 is 24.1 Å². The van der Waals surface area contributed by atoms with Crippen LogP contribution in [0.4, 0.5) is 5.69 Å². The third kappa shape index (κ3) is 5.86. The van der Waals surface area contributed by atoms with Crippen LogP contribution in [0.2, 0.25) is 0 Å². The van der Waals surface area contributed by atoms with Crippen molar-refractivity contribution in [1.29, 1.82) is 0 Å². The molecule has 0 bridgehead atoms. The van der Waals surface area contributed by atoms with Crippen molar-refractivity contribution in [1.82, 2.24) is 5.32 Å². The van der Waals surface area contributed by atoms with Gasteiger partial charge in [0.05, 0.1) is 34.7 Å². The molecule has 1 aliphatic heterocycles. The molecule has 1 fully saturated rings. The third-order valence-corrected chi connectivity index (χ3v) is 9.24. The fourth-order valence-corrected chi connectivity index (χ4v) is 7.11. The second-order valence-electron chi connectivity index (χ2n) is 9.22. The van der Waals surface area contributed by atoms with E-state index in [1.165, 1.54) is 18.0 Å². The molecular weight excluding hydrogens is 616 g/mol. The molecule has 0 radical (unpaired) electrons. The minimum atomic E-state index is -5.02. The average Bonchev–Trinajstić information content (AvgIpc) is 3.07. The molecule has 5 rings (SSSR count). The third-order valence-electron chi connectivity index (χ3n) is 7.08. The van der Waals surface area contributed by atoms with Crippen LogP contribution in [0.25, 0.3) is 32.3 Å². The van der Waals surface area contributed by atoms with Gasteiger partial charge in [-0.25, -0.2) is 8.42 Å². The van der Waals surface area contributed by atoms with Gasteiger partial charge in [0, 0.05) is 52.1 Å². The number of hydrogen-bond donors (Lipinski definition) is 1. The lowest BCUT2D eigenvalue weighted by Gasteiger charge is -2.27. The molecule has 14 nitrogen and oxygen atoms in total. The van der Waals surface area contributed by atoms with Crippen molar-refractivity contribution in [2.75, 3.05) is 31.7 Å². The maximum atomic E-state index is 13.4. The molecule has 1 unspecified atom stereocenters. The van der Waals surface area contributed by atoms with E-state index < -0.39 is 26.8 Å². The second-order valence-corrected chi connectivity index (χ2v) is 12.1. The summed E-state index contributed by atoms with van der Waals surface area (Å²) in [6, 6.07) is 8.98. The van der Waals surface area contributed by atoms with Crippen LogP contribution in [0, 0.1) is 5.92 Å². The van der Waals surface area contributed by atoms with Crippen LogP contribution in [-0.2, 0) is 43.2 Å². The van der Waals surface area contributed by atoms with Crippen LogP contribution in [0.15, 0.2) is 51.1 Å². The summed E-state index contributed by atoms with van der Waals surface area (Å²) in [5.41, 5.74) is 0.351. The summed E-state index contributed by atoms with van der Waals surface area (Å²) in [6.45, 7) is 0.0637. The first kappa shape index (κ1) is 30.6. The van der Waals surface area contributed by atoms with Gasteiger partial charge in [-0.3, -0.25) is 19.7 Å². The van der Waals surface area contributed by atoms with E-state index in [0.29, 0.717) is 74.4 Å². The van der Waals surface area contributed by atoms with E-state index in [1.54, 1.807) is 24.3 Å². The minimum Gasteiger partial charge on any atom is -0.744 e. The first-order valence-electron chi connectivity index (χ1n) is 12.3. The highest BCUT2D eigenvalue weighted by Crippen LogP contribution is 2.47. The smallest absolute Gasteiger partial charge is 0.252 e. The van der Waals surface area contributed by atoms with Crippen molar-refractivity contribution >= 4 is 84.0 Å². The second kappa shape index (κ2) is 12.8. The topological polar surface area (TPSA) is 199 Å². The zero-order valence-corrected chi connectivity index (χ0v) is 24.1. The van der Waals surface area contributed by atoms with Gasteiger partial charge in [0.2, 0.25) is 5.91 Å². The molecule has 224 valence electrons. The number of carbonyl (C=O) groups is 2. The Bertz CT molecular complexity index is 1750. The summed E-state index contributed by atoms with van der Waals surface area (Å²) < 4.78 is 51.6. The monoisotopic (exact) mass is 637 g/mol. The maximum Gasteiger partial charge on any atom is 0.252 e. The molecule has 17 heteroatoms. The molecule has 1 aliphatic rings. The van der Waals surface area contributed by atoms with E-state index >= 15 is 0 Å². The van der Waals surface area contributed by atoms with Gasteiger partial charge in [0.1, 0.15) is 16.7 Å². The first-order chi connectivity index (χ1) is 20.2. The van der Waals surface area contributed by atoms with E-state index in [1.807, 2.05) is 0 Å². The van der Waals surface area contributed by atoms with Crippen LogP contribution in [0.1, 0.15) is 12.8 Å². The Morgan fingerprint density at radius 3 is 2.19 bits per heavy atom. The van der Waals surface area contributed by atoms with Crippen molar-refractivity contribution in [3.8, 4) is 0 Å². The number of carbonyl (C=O) groups excluding carboxylic acids is 2. The molecule has 1 atom stereocenters. The molecule has 2 amide bonds. The number of benzene rings is 4. The van der Waals surface area contributed by atoms with Crippen molar-refractivity contribution in [3.05, 3.63) is 36.4 Å². The molecule has 0 aliphatic carbocycles. The van der Waals surface area contributed by atoms with E-state index in [-0.39, 0.29) is 35.9 Å². The predicted octanol–water partition coefficient (Wildman–Crippen LogP) is 1.45. The predicted molar refractivity (Wildman–Crippen MR) is 144 cm³/mol. The molecular formula is C25H21N2O12S3-3. The van der Waals surface area contributed by atoms with Crippen LogP contribution in [0.5, 0.6) is 0 Å². The fraction of sp³-hybridized carbons (Fsp3) is 0.280. The lowest BCUT2D eigenvalue weighted by molar-refractivity contribution is -0.777. The SMILES string of the molecule is CNC(=O)C1CCOCC(=O)N(c2cc(SOO[O-])c3ccc4c(SOO[O-])cc(S(=O)(=O)[O-])c5ccc2c3c45)CC1. The largest absolute Gasteiger partial charge is 0.744 e. The van der Waals surface area contributed by atoms with Crippen molar-refractivity contribution < 1.29 is 56.6 Å². The van der Waals surface area contributed by atoms with Gasteiger partial charge >= 0.3 is 0 Å². The number of nitrogens with zero attached hydrogens (tertiary/aromatic N) is 1. The van der Waals surface area contributed by atoms with E-state index in [0.717, 1.165) is 6.07 Å². The molecule has 1 saturated heterocycles. The molecule has 4 aromatic carbocycles. The lowest BCUT2D eigenvalue weighted by Crippen LogP contribution is -2.36. The summed E-state index contributed by atoms with van der Waals surface area (Å²) in [5, 5.41) is 33.1. The summed E-state index contributed by atoms with van der Waals surface area (Å²) in [4.78, 5) is 27.2. The van der Waals surface area contributed by atoms with Crippen molar-refractivity contribution in [3.63, 3.8) is 0 Å². The zero-order valence-electron chi connectivity index (χ0n) is 21.6. The number of hydrogen-bond acceptors (Lipinski definition) is 14. The normalized spacial score (nSPS) is 17.1.